The standard InChI is InChI=1S/C31H40N6O5S/c1-29(2,3)42-28(41)36-30(4,5)27(40)34-23(16-21-13-15-43-18-21)26(39)35-25-17-37(20-33-25)31(19-38,24-12-9-14-32-24)22-10-7-6-8-11-22/h6-8,10-11,13,15,17-20,23-24,32H,9,12,14,16H2,1-5H3,(H,34,40)(H,35,39)(H,36,41)/t23-,24?,31?/m1/s1. The molecule has 43 heavy (non-hydrogen) atoms. The van der Waals surface area contributed by atoms with E-state index in [0.29, 0.717) is 0 Å². The summed E-state index contributed by atoms with van der Waals surface area (Å²) in [5, 5.41) is 15.4. The molecule has 1 aliphatic rings. The number of thiophene rings is 1. The molecule has 3 aromatic rings. The van der Waals surface area contributed by atoms with E-state index in [2.05, 4.69) is 26.3 Å². The molecule has 2 unspecified atom stereocenters. The molecule has 0 spiro atoms. The smallest absolute Gasteiger partial charge is 0.408 e. The van der Waals surface area contributed by atoms with Crippen LogP contribution < -0.4 is 21.3 Å². The molecule has 4 rings (SSSR count). The van der Waals surface area contributed by atoms with Crippen LogP contribution in [0.15, 0.2) is 59.7 Å². The normalized spacial score (nSPS) is 17.4. The minimum absolute atomic E-state index is 0.157. The quantitative estimate of drug-likeness (QED) is 0.244. The second-order valence-electron chi connectivity index (χ2n) is 12.2. The first-order valence-corrected chi connectivity index (χ1v) is 15.2. The van der Waals surface area contributed by atoms with Crippen LogP contribution in [-0.2, 0) is 31.1 Å². The van der Waals surface area contributed by atoms with Crippen molar-refractivity contribution >= 4 is 41.3 Å². The van der Waals surface area contributed by atoms with E-state index in [0.717, 1.165) is 36.8 Å². The number of benzene rings is 1. The van der Waals surface area contributed by atoms with E-state index in [1.807, 2.05) is 47.2 Å². The highest BCUT2D eigenvalue weighted by Gasteiger charge is 2.44. The SMILES string of the molecule is CC(C)(C)OC(=O)NC(C)(C)C(=O)N[C@H](Cc1ccsc1)C(=O)Nc1cn(C(C=O)(c2ccccc2)C2CCCN2)cn1. The first kappa shape index (κ1) is 31.9. The molecule has 0 saturated carbocycles. The van der Waals surface area contributed by atoms with E-state index in [9.17, 15) is 19.2 Å². The molecule has 12 heteroatoms. The summed E-state index contributed by atoms with van der Waals surface area (Å²) in [4.78, 5) is 56.5. The lowest BCUT2D eigenvalue weighted by Crippen LogP contribution is -2.59. The number of hydrogen-bond acceptors (Lipinski definition) is 8. The van der Waals surface area contributed by atoms with Gasteiger partial charge < -0.3 is 35.4 Å². The predicted octanol–water partition coefficient (Wildman–Crippen LogP) is 3.61. The number of amides is 3. The van der Waals surface area contributed by atoms with Crippen molar-refractivity contribution in [3.8, 4) is 0 Å². The maximum Gasteiger partial charge on any atom is 0.408 e. The van der Waals surface area contributed by atoms with Gasteiger partial charge in [-0.1, -0.05) is 30.3 Å². The fourth-order valence-corrected chi connectivity index (χ4v) is 5.80. The first-order chi connectivity index (χ1) is 20.3. The molecular formula is C31H40N6O5S. The molecule has 1 fully saturated rings. The van der Waals surface area contributed by atoms with Crippen LogP contribution in [0.3, 0.4) is 0 Å². The van der Waals surface area contributed by atoms with Crippen molar-refractivity contribution < 1.29 is 23.9 Å². The van der Waals surface area contributed by atoms with Crippen molar-refractivity contribution in [2.24, 2.45) is 0 Å². The van der Waals surface area contributed by atoms with Crippen LogP contribution >= 0.6 is 11.3 Å². The van der Waals surface area contributed by atoms with Crippen molar-refractivity contribution in [2.45, 2.75) is 82.6 Å². The maximum absolute atomic E-state index is 13.6. The number of nitrogens with zero attached hydrogens (tertiary/aromatic N) is 2. The molecule has 1 saturated heterocycles. The number of aldehydes is 1. The van der Waals surface area contributed by atoms with Gasteiger partial charge >= 0.3 is 6.09 Å². The Morgan fingerprint density at radius 1 is 1.16 bits per heavy atom. The molecule has 3 atom stereocenters. The molecule has 1 aliphatic heterocycles. The Morgan fingerprint density at radius 2 is 1.91 bits per heavy atom. The molecule has 0 radical (unpaired) electrons. The van der Waals surface area contributed by atoms with Crippen LogP contribution in [0.25, 0.3) is 0 Å². The Balaban J connectivity index is 1.55. The van der Waals surface area contributed by atoms with Gasteiger partial charge in [0.15, 0.2) is 12.1 Å². The summed E-state index contributed by atoms with van der Waals surface area (Å²) in [6.45, 7) is 9.05. The lowest BCUT2D eigenvalue weighted by molar-refractivity contribution is -0.130. The van der Waals surface area contributed by atoms with Crippen LogP contribution in [0.5, 0.6) is 0 Å². The molecule has 11 nitrogen and oxygen atoms in total. The third-order valence-electron chi connectivity index (χ3n) is 7.29. The number of ether oxygens (including phenoxy) is 1. The number of rotatable bonds is 11. The maximum atomic E-state index is 13.6. The van der Waals surface area contributed by atoms with E-state index in [-0.39, 0.29) is 18.3 Å². The average molecular weight is 609 g/mol. The van der Waals surface area contributed by atoms with E-state index in [4.69, 9.17) is 4.74 Å². The van der Waals surface area contributed by atoms with Crippen molar-refractivity contribution in [1.82, 2.24) is 25.5 Å². The number of carbonyl (C=O) groups is 4. The van der Waals surface area contributed by atoms with Gasteiger partial charge in [-0.2, -0.15) is 11.3 Å². The van der Waals surface area contributed by atoms with Gasteiger partial charge in [0.2, 0.25) is 11.8 Å². The summed E-state index contributed by atoms with van der Waals surface area (Å²) in [6.07, 6.45) is 5.32. The van der Waals surface area contributed by atoms with Crippen LogP contribution in [0.1, 0.15) is 58.6 Å². The van der Waals surface area contributed by atoms with E-state index in [1.54, 1.807) is 31.5 Å². The molecule has 4 N–H and O–H groups in total. The summed E-state index contributed by atoms with van der Waals surface area (Å²) < 4.78 is 7.03. The van der Waals surface area contributed by atoms with E-state index >= 15 is 0 Å². The predicted molar refractivity (Wildman–Crippen MR) is 165 cm³/mol. The molecule has 230 valence electrons. The van der Waals surface area contributed by atoms with Gasteiger partial charge in [-0.3, -0.25) is 9.59 Å². The first-order valence-electron chi connectivity index (χ1n) is 14.3. The minimum Gasteiger partial charge on any atom is -0.444 e. The third-order valence-corrected chi connectivity index (χ3v) is 8.02. The fourth-order valence-electron chi connectivity index (χ4n) is 5.12. The van der Waals surface area contributed by atoms with Crippen molar-refractivity contribution in [3.05, 3.63) is 70.8 Å². The molecule has 0 bridgehead atoms. The monoisotopic (exact) mass is 608 g/mol. The molecule has 0 aliphatic carbocycles. The number of hydrogen-bond donors (Lipinski definition) is 4. The van der Waals surface area contributed by atoms with E-state index < -0.39 is 40.6 Å². The van der Waals surface area contributed by atoms with Crippen LogP contribution in [-0.4, -0.2) is 63.5 Å². The Labute approximate surface area is 255 Å². The van der Waals surface area contributed by atoms with Gasteiger partial charge in [0.05, 0.1) is 6.33 Å². The largest absolute Gasteiger partial charge is 0.444 e. The van der Waals surface area contributed by atoms with Crippen LogP contribution in [0, 0.1) is 0 Å². The van der Waals surface area contributed by atoms with Gasteiger partial charge in [0, 0.05) is 18.7 Å². The Hall–Kier alpha value is -4.03. The van der Waals surface area contributed by atoms with Crippen LogP contribution in [0.2, 0.25) is 0 Å². The van der Waals surface area contributed by atoms with Crippen LogP contribution in [0.4, 0.5) is 10.6 Å². The highest BCUT2D eigenvalue weighted by atomic mass is 32.1. The van der Waals surface area contributed by atoms with Gasteiger partial charge in [-0.25, -0.2) is 9.78 Å². The Kier molecular flexibility index (Phi) is 9.71. The molecule has 2 aromatic heterocycles. The third kappa shape index (κ3) is 7.68. The number of nitrogens with one attached hydrogen (secondary N) is 4. The number of aromatic nitrogens is 2. The zero-order valence-corrected chi connectivity index (χ0v) is 26.0. The molecule has 1 aromatic carbocycles. The Morgan fingerprint density at radius 3 is 2.51 bits per heavy atom. The summed E-state index contributed by atoms with van der Waals surface area (Å²) in [6, 6.07) is 10.2. The molecule has 3 heterocycles. The summed E-state index contributed by atoms with van der Waals surface area (Å²) in [5.41, 5.74) is -1.50. The summed E-state index contributed by atoms with van der Waals surface area (Å²) in [5.74, 6) is -0.815. The van der Waals surface area contributed by atoms with Crippen molar-refractivity contribution in [2.75, 3.05) is 11.9 Å². The highest BCUT2D eigenvalue weighted by Crippen LogP contribution is 2.33. The number of imidazole rings is 1. The van der Waals surface area contributed by atoms with Gasteiger partial charge in [-0.05, 0) is 82.0 Å². The summed E-state index contributed by atoms with van der Waals surface area (Å²) in [7, 11) is 0. The lowest BCUT2D eigenvalue weighted by Gasteiger charge is -2.36. The number of carbonyl (C=O) groups excluding carboxylic acids is 4. The number of alkyl carbamates (subject to hydrolysis) is 1. The molecule has 3 amide bonds. The van der Waals surface area contributed by atoms with Gasteiger partial charge in [-0.15, -0.1) is 0 Å². The zero-order chi connectivity index (χ0) is 31.3. The van der Waals surface area contributed by atoms with E-state index in [1.165, 1.54) is 31.5 Å². The zero-order valence-electron chi connectivity index (χ0n) is 25.2. The average Bonchev–Trinajstić information content (AvgIpc) is 3.73. The fraction of sp³-hybridized carbons (Fsp3) is 0.452. The topological polar surface area (TPSA) is 143 Å². The van der Waals surface area contributed by atoms with Crippen molar-refractivity contribution in [1.29, 1.82) is 0 Å². The number of anilines is 1. The van der Waals surface area contributed by atoms with Crippen molar-refractivity contribution in [3.63, 3.8) is 0 Å². The summed E-state index contributed by atoms with van der Waals surface area (Å²) >= 11 is 1.48. The van der Waals surface area contributed by atoms with Gasteiger partial charge in [0.25, 0.3) is 0 Å². The lowest BCUT2D eigenvalue weighted by atomic mass is 9.82. The minimum atomic E-state index is -1.37. The molecular weight excluding hydrogens is 568 g/mol. The highest BCUT2D eigenvalue weighted by molar-refractivity contribution is 7.07. The Bertz CT molecular complexity index is 1410. The second-order valence-corrected chi connectivity index (χ2v) is 13.0. The second kappa shape index (κ2) is 13.1. The van der Waals surface area contributed by atoms with Gasteiger partial charge in [0.1, 0.15) is 22.7 Å².